The Labute approximate surface area is 88.1 Å². The summed E-state index contributed by atoms with van der Waals surface area (Å²) in [5.41, 5.74) is 7.67. The van der Waals surface area contributed by atoms with Gasteiger partial charge in [0.2, 0.25) is 5.13 Å². The van der Waals surface area contributed by atoms with Crippen LogP contribution < -0.4 is 10.6 Å². The Morgan fingerprint density at radius 1 is 1.57 bits per heavy atom. The Morgan fingerprint density at radius 2 is 2.29 bits per heavy atom. The number of rotatable bonds is 2. The number of nitrogens with two attached hydrogens (primary N) is 1. The lowest BCUT2D eigenvalue weighted by molar-refractivity contribution is 0.354. The molecule has 0 bridgehead atoms. The molecule has 2 N–H and O–H groups in total. The monoisotopic (exact) mass is 212 g/mol. The minimum atomic E-state index is 0.326. The average molecular weight is 212 g/mol. The molecule has 1 unspecified atom stereocenters. The summed E-state index contributed by atoms with van der Waals surface area (Å²) in [5.74, 6) is 0.680. The molecule has 1 fully saturated rings. The maximum atomic E-state index is 5.89. The Kier molecular flexibility index (Phi) is 2.98. The zero-order valence-corrected chi connectivity index (χ0v) is 9.20. The van der Waals surface area contributed by atoms with Crippen molar-refractivity contribution in [2.24, 2.45) is 11.7 Å². The molecule has 1 aliphatic heterocycles. The summed E-state index contributed by atoms with van der Waals surface area (Å²) in [6.07, 6.45) is 2.36. The van der Waals surface area contributed by atoms with E-state index in [1.807, 2.05) is 0 Å². The highest BCUT2D eigenvalue weighted by Crippen LogP contribution is 2.25. The van der Waals surface area contributed by atoms with Crippen LogP contribution in [0.4, 0.5) is 5.13 Å². The highest BCUT2D eigenvalue weighted by molar-refractivity contribution is 7.13. The van der Waals surface area contributed by atoms with E-state index in [2.05, 4.69) is 22.0 Å². The van der Waals surface area contributed by atoms with Crippen molar-refractivity contribution in [1.82, 2.24) is 10.2 Å². The van der Waals surface area contributed by atoms with E-state index in [9.17, 15) is 0 Å². The third-order valence-corrected chi connectivity index (χ3v) is 3.65. The molecule has 0 radical (unpaired) electrons. The first-order valence-electron chi connectivity index (χ1n) is 5.04. The summed E-state index contributed by atoms with van der Waals surface area (Å²) in [4.78, 5) is 2.30. The standard InChI is InChI=1S/C9H16N4S/c1-7(10)8-2-4-13(5-3-8)9-12-11-6-14-9/h6-8H,2-5,10H2,1H3. The van der Waals surface area contributed by atoms with Gasteiger partial charge in [-0.15, -0.1) is 10.2 Å². The Balaban J connectivity index is 1.90. The summed E-state index contributed by atoms with van der Waals surface area (Å²) >= 11 is 1.61. The number of hydrogen-bond donors (Lipinski definition) is 1. The van der Waals surface area contributed by atoms with Gasteiger partial charge in [-0.1, -0.05) is 11.3 Å². The van der Waals surface area contributed by atoms with Gasteiger partial charge in [0.1, 0.15) is 5.51 Å². The predicted octanol–water partition coefficient (Wildman–Crippen LogP) is 1.10. The molecule has 1 saturated heterocycles. The maximum Gasteiger partial charge on any atom is 0.208 e. The first-order valence-corrected chi connectivity index (χ1v) is 5.92. The second-order valence-electron chi connectivity index (χ2n) is 3.90. The summed E-state index contributed by atoms with van der Waals surface area (Å²) in [7, 11) is 0. The summed E-state index contributed by atoms with van der Waals surface area (Å²) in [6.45, 7) is 4.24. The van der Waals surface area contributed by atoms with Crippen LogP contribution in [0.25, 0.3) is 0 Å². The molecule has 2 heterocycles. The number of nitrogens with zero attached hydrogens (tertiary/aromatic N) is 3. The van der Waals surface area contributed by atoms with Crippen LogP contribution in [0.2, 0.25) is 0 Å². The van der Waals surface area contributed by atoms with Crippen LogP contribution in [0.3, 0.4) is 0 Å². The van der Waals surface area contributed by atoms with E-state index in [1.54, 1.807) is 16.8 Å². The van der Waals surface area contributed by atoms with Crippen LogP contribution in [-0.2, 0) is 0 Å². The highest BCUT2D eigenvalue weighted by atomic mass is 32.1. The van der Waals surface area contributed by atoms with E-state index in [1.165, 1.54) is 12.8 Å². The lowest BCUT2D eigenvalue weighted by Gasteiger charge is -2.33. The van der Waals surface area contributed by atoms with Crippen LogP contribution in [0, 0.1) is 5.92 Å². The molecule has 4 nitrogen and oxygen atoms in total. The summed E-state index contributed by atoms with van der Waals surface area (Å²) in [5, 5.41) is 8.98. The van der Waals surface area contributed by atoms with Crippen molar-refractivity contribution in [2.45, 2.75) is 25.8 Å². The maximum absolute atomic E-state index is 5.89. The van der Waals surface area contributed by atoms with E-state index in [0.717, 1.165) is 18.2 Å². The first-order chi connectivity index (χ1) is 6.77. The third-order valence-electron chi connectivity index (χ3n) is 2.90. The van der Waals surface area contributed by atoms with Gasteiger partial charge in [0.05, 0.1) is 0 Å². The van der Waals surface area contributed by atoms with E-state index in [-0.39, 0.29) is 0 Å². The lowest BCUT2D eigenvalue weighted by atomic mass is 9.91. The van der Waals surface area contributed by atoms with Crippen LogP contribution in [-0.4, -0.2) is 29.3 Å². The van der Waals surface area contributed by atoms with Gasteiger partial charge in [0, 0.05) is 19.1 Å². The number of piperidine rings is 1. The Bertz CT molecular complexity index is 264. The van der Waals surface area contributed by atoms with Gasteiger partial charge in [0.15, 0.2) is 0 Å². The molecule has 0 aliphatic carbocycles. The number of aromatic nitrogens is 2. The van der Waals surface area contributed by atoms with Crippen molar-refractivity contribution >= 4 is 16.5 Å². The van der Waals surface area contributed by atoms with Gasteiger partial charge in [-0.2, -0.15) is 0 Å². The lowest BCUT2D eigenvalue weighted by Crippen LogP contribution is -2.39. The smallest absolute Gasteiger partial charge is 0.208 e. The van der Waals surface area contributed by atoms with Crippen molar-refractivity contribution in [3.05, 3.63) is 5.51 Å². The topological polar surface area (TPSA) is 55.0 Å². The molecular formula is C9H16N4S. The molecule has 1 aliphatic rings. The minimum Gasteiger partial charge on any atom is -0.347 e. The molecule has 78 valence electrons. The van der Waals surface area contributed by atoms with E-state index >= 15 is 0 Å². The molecule has 0 amide bonds. The van der Waals surface area contributed by atoms with Gasteiger partial charge >= 0.3 is 0 Å². The average Bonchev–Trinajstić information content (AvgIpc) is 2.71. The first kappa shape index (κ1) is 9.86. The Morgan fingerprint density at radius 3 is 2.79 bits per heavy atom. The molecule has 2 rings (SSSR count). The highest BCUT2D eigenvalue weighted by Gasteiger charge is 2.22. The van der Waals surface area contributed by atoms with Crippen LogP contribution in [0.15, 0.2) is 5.51 Å². The minimum absolute atomic E-state index is 0.326. The molecule has 0 saturated carbocycles. The van der Waals surface area contributed by atoms with Gasteiger partial charge in [-0.05, 0) is 25.7 Å². The van der Waals surface area contributed by atoms with Crippen molar-refractivity contribution in [3.63, 3.8) is 0 Å². The SMILES string of the molecule is CC(N)C1CCN(c2nncs2)CC1. The van der Waals surface area contributed by atoms with E-state index in [0.29, 0.717) is 12.0 Å². The van der Waals surface area contributed by atoms with Crippen LogP contribution in [0.5, 0.6) is 0 Å². The molecule has 0 aromatic carbocycles. The Hall–Kier alpha value is -0.680. The molecule has 14 heavy (non-hydrogen) atoms. The largest absolute Gasteiger partial charge is 0.347 e. The van der Waals surface area contributed by atoms with E-state index in [4.69, 9.17) is 5.73 Å². The molecule has 1 atom stereocenters. The molecule has 0 spiro atoms. The summed E-state index contributed by atoms with van der Waals surface area (Å²) < 4.78 is 0. The second kappa shape index (κ2) is 4.23. The van der Waals surface area contributed by atoms with E-state index < -0.39 is 0 Å². The molecule has 1 aromatic rings. The second-order valence-corrected chi connectivity index (χ2v) is 4.72. The fourth-order valence-electron chi connectivity index (χ4n) is 1.92. The fourth-order valence-corrected chi connectivity index (χ4v) is 2.54. The normalized spacial score (nSPS) is 21.1. The van der Waals surface area contributed by atoms with Crippen molar-refractivity contribution in [3.8, 4) is 0 Å². The molecule has 1 aromatic heterocycles. The van der Waals surface area contributed by atoms with Gasteiger partial charge in [-0.3, -0.25) is 0 Å². The van der Waals surface area contributed by atoms with Crippen molar-refractivity contribution < 1.29 is 0 Å². The molecule has 5 heteroatoms. The van der Waals surface area contributed by atoms with Crippen LogP contribution >= 0.6 is 11.3 Å². The van der Waals surface area contributed by atoms with Gasteiger partial charge < -0.3 is 10.6 Å². The van der Waals surface area contributed by atoms with Gasteiger partial charge in [-0.25, -0.2) is 0 Å². The van der Waals surface area contributed by atoms with Gasteiger partial charge in [0.25, 0.3) is 0 Å². The summed E-state index contributed by atoms with van der Waals surface area (Å²) in [6, 6.07) is 0.326. The van der Waals surface area contributed by atoms with Crippen molar-refractivity contribution in [2.75, 3.05) is 18.0 Å². The zero-order chi connectivity index (χ0) is 9.97. The zero-order valence-electron chi connectivity index (χ0n) is 8.39. The predicted molar refractivity (Wildman–Crippen MR) is 58.5 cm³/mol. The molecular weight excluding hydrogens is 196 g/mol. The van der Waals surface area contributed by atoms with Crippen molar-refractivity contribution in [1.29, 1.82) is 0 Å². The third kappa shape index (κ3) is 2.04. The number of anilines is 1. The van der Waals surface area contributed by atoms with Crippen LogP contribution in [0.1, 0.15) is 19.8 Å². The quantitative estimate of drug-likeness (QED) is 0.797. The number of hydrogen-bond acceptors (Lipinski definition) is 5. The fraction of sp³-hybridized carbons (Fsp3) is 0.778.